The Morgan fingerprint density at radius 3 is 2.70 bits per heavy atom. The smallest absolute Gasteiger partial charge is 0.327 e. The Balaban J connectivity index is 1.64. The first-order valence-corrected chi connectivity index (χ1v) is 7.47. The molecule has 0 unspecified atom stereocenters. The van der Waals surface area contributed by atoms with Gasteiger partial charge in [0.1, 0.15) is 12.3 Å². The van der Waals surface area contributed by atoms with Gasteiger partial charge in [-0.1, -0.05) is 5.16 Å². The van der Waals surface area contributed by atoms with Crippen LogP contribution >= 0.6 is 0 Å². The molecule has 0 saturated carbocycles. The molecule has 2 aromatic rings. The number of imide groups is 1. The van der Waals surface area contributed by atoms with Gasteiger partial charge in [-0.15, -0.1) is 0 Å². The van der Waals surface area contributed by atoms with Crippen LogP contribution in [-0.4, -0.2) is 50.2 Å². The first-order chi connectivity index (χ1) is 11.0. The molecule has 1 N–H and O–H groups in total. The van der Waals surface area contributed by atoms with Crippen molar-refractivity contribution in [2.45, 2.75) is 33.7 Å². The highest BCUT2D eigenvalue weighted by Gasteiger charge is 2.36. The van der Waals surface area contributed by atoms with E-state index in [1.54, 1.807) is 4.90 Å². The quantitative estimate of drug-likeness (QED) is 0.839. The lowest BCUT2D eigenvalue weighted by molar-refractivity contribution is -0.125. The number of carbonyl (C=O) groups is 2. The second kappa shape index (κ2) is 5.86. The lowest BCUT2D eigenvalue weighted by Crippen LogP contribution is -2.33. The molecule has 8 nitrogen and oxygen atoms in total. The Labute approximate surface area is 133 Å². The second-order valence-corrected chi connectivity index (χ2v) is 5.78. The number of amides is 3. The Morgan fingerprint density at radius 1 is 1.30 bits per heavy atom. The fourth-order valence-electron chi connectivity index (χ4n) is 2.75. The molecule has 1 aliphatic heterocycles. The van der Waals surface area contributed by atoms with Gasteiger partial charge in [-0.2, -0.15) is 5.10 Å². The summed E-state index contributed by atoms with van der Waals surface area (Å²) >= 11 is 0. The number of hydrogen-bond acceptors (Lipinski definition) is 5. The maximum absolute atomic E-state index is 12.4. The van der Waals surface area contributed by atoms with E-state index in [0.29, 0.717) is 18.7 Å². The third-order valence-electron chi connectivity index (χ3n) is 4.02. The van der Waals surface area contributed by atoms with Crippen molar-refractivity contribution in [3.8, 4) is 0 Å². The van der Waals surface area contributed by atoms with Gasteiger partial charge in [0.25, 0.3) is 5.91 Å². The molecule has 1 fully saturated rings. The summed E-state index contributed by atoms with van der Waals surface area (Å²) in [7, 11) is 0. The van der Waals surface area contributed by atoms with Gasteiger partial charge in [-0.05, 0) is 33.3 Å². The third kappa shape index (κ3) is 2.96. The summed E-state index contributed by atoms with van der Waals surface area (Å²) in [6.07, 6.45) is 0.621. The fraction of sp³-hybridized carbons (Fsp3) is 0.467. The molecule has 0 bridgehead atoms. The van der Waals surface area contributed by atoms with Gasteiger partial charge in [0.05, 0.1) is 17.9 Å². The van der Waals surface area contributed by atoms with E-state index >= 15 is 0 Å². The molecule has 0 aliphatic carbocycles. The van der Waals surface area contributed by atoms with E-state index in [9.17, 15) is 9.59 Å². The fourth-order valence-corrected chi connectivity index (χ4v) is 2.75. The van der Waals surface area contributed by atoms with Crippen molar-refractivity contribution in [1.82, 2.24) is 25.2 Å². The maximum Gasteiger partial charge on any atom is 0.327 e. The summed E-state index contributed by atoms with van der Waals surface area (Å²) in [4.78, 5) is 27.3. The number of nitrogens with one attached hydrogen (secondary N) is 1. The molecular formula is C15H19N5O3. The normalized spacial score (nSPS) is 15.1. The van der Waals surface area contributed by atoms with E-state index in [1.165, 1.54) is 4.90 Å². The van der Waals surface area contributed by atoms with Gasteiger partial charge in [0, 0.05) is 17.8 Å². The van der Waals surface area contributed by atoms with Gasteiger partial charge < -0.3 is 9.42 Å². The van der Waals surface area contributed by atoms with Gasteiger partial charge in [0.2, 0.25) is 0 Å². The van der Waals surface area contributed by atoms with E-state index < -0.39 is 0 Å². The van der Waals surface area contributed by atoms with Gasteiger partial charge >= 0.3 is 6.03 Å². The molecular weight excluding hydrogens is 298 g/mol. The number of nitrogens with zero attached hydrogens (tertiary/aromatic N) is 4. The molecule has 3 amide bonds. The van der Waals surface area contributed by atoms with Crippen LogP contribution in [0.25, 0.3) is 0 Å². The Morgan fingerprint density at radius 2 is 2.09 bits per heavy atom. The number of aryl methyl sites for hydroxylation is 3. The first kappa shape index (κ1) is 15.3. The summed E-state index contributed by atoms with van der Waals surface area (Å²) < 4.78 is 5.12. The largest absolute Gasteiger partial charge is 0.361 e. The van der Waals surface area contributed by atoms with E-state index in [-0.39, 0.29) is 25.0 Å². The van der Waals surface area contributed by atoms with Gasteiger partial charge in [-0.3, -0.25) is 14.8 Å². The zero-order valence-electron chi connectivity index (χ0n) is 13.4. The highest BCUT2D eigenvalue weighted by molar-refractivity contribution is 6.01. The number of aromatic nitrogens is 3. The molecule has 8 heteroatoms. The standard InChI is InChI=1S/C15H19N5O3/c1-9-6-12(17-16-9)7-20-14(21)8-19(15(20)22)5-4-13-10(2)18-23-11(13)3/h6H,4-5,7-8H2,1-3H3,(H,16,17). The summed E-state index contributed by atoms with van der Waals surface area (Å²) in [5.74, 6) is 0.554. The molecule has 2 aromatic heterocycles. The number of aromatic amines is 1. The molecule has 0 atom stereocenters. The molecule has 23 heavy (non-hydrogen) atoms. The second-order valence-electron chi connectivity index (χ2n) is 5.78. The van der Waals surface area contributed by atoms with Crippen molar-refractivity contribution in [3.63, 3.8) is 0 Å². The SMILES string of the molecule is Cc1cc(CN2C(=O)CN(CCc3c(C)noc3C)C2=O)n[nH]1. The molecule has 0 spiro atoms. The lowest BCUT2D eigenvalue weighted by Gasteiger charge is -2.16. The highest BCUT2D eigenvalue weighted by atomic mass is 16.5. The van der Waals surface area contributed by atoms with Crippen molar-refractivity contribution in [2.24, 2.45) is 0 Å². The van der Waals surface area contributed by atoms with Crippen LogP contribution < -0.4 is 0 Å². The molecule has 0 aromatic carbocycles. The molecule has 1 saturated heterocycles. The van der Waals surface area contributed by atoms with Crippen molar-refractivity contribution in [3.05, 3.63) is 34.5 Å². The van der Waals surface area contributed by atoms with E-state index in [2.05, 4.69) is 15.4 Å². The Bertz CT molecular complexity index is 729. The van der Waals surface area contributed by atoms with Crippen LogP contribution in [0.5, 0.6) is 0 Å². The topological polar surface area (TPSA) is 95.3 Å². The molecule has 122 valence electrons. The Hall–Kier alpha value is -2.64. The minimum atomic E-state index is -0.276. The molecule has 0 radical (unpaired) electrons. The third-order valence-corrected chi connectivity index (χ3v) is 4.02. The van der Waals surface area contributed by atoms with Crippen LogP contribution in [0, 0.1) is 20.8 Å². The van der Waals surface area contributed by atoms with Crippen LogP contribution in [-0.2, 0) is 17.8 Å². The summed E-state index contributed by atoms with van der Waals surface area (Å²) in [6, 6.07) is 1.55. The zero-order chi connectivity index (χ0) is 16.6. The molecule has 3 heterocycles. The minimum absolute atomic E-state index is 0.103. The van der Waals surface area contributed by atoms with Crippen LogP contribution in [0.2, 0.25) is 0 Å². The lowest BCUT2D eigenvalue weighted by atomic mass is 10.1. The number of urea groups is 1. The molecule has 3 rings (SSSR count). The van der Waals surface area contributed by atoms with Crippen molar-refractivity contribution >= 4 is 11.9 Å². The molecule has 1 aliphatic rings. The number of carbonyl (C=O) groups excluding carboxylic acids is 2. The van der Waals surface area contributed by atoms with Crippen LogP contribution in [0.3, 0.4) is 0 Å². The predicted molar refractivity (Wildman–Crippen MR) is 80.5 cm³/mol. The zero-order valence-corrected chi connectivity index (χ0v) is 13.4. The predicted octanol–water partition coefficient (Wildman–Crippen LogP) is 1.33. The first-order valence-electron chi connectivity index (χ1n) is 7.47. The van der Waals surface area contributed by atoms with Crippen LogP contribution in [0.4, 0.5) is 4.79 Å². The Kier molecular flexibility index (Phi) is 3.89. The van der Waals surface area contributed by atoms with E-state index in [4.69, 9.17) is 4.52 Å². The average molecular weight is 317 g/mol. The van der Waals surface area contributed by atoms with Gasteiger partial charge in [0.15, 0.2) is 0 Å². The summed E-state index contributed by atoms with van der Waals surface area (Å²) in [5, 5.41) is 10.8. The summed E-state index contributed by atoms with van der Waals surface area (Å²) in [6.45, 7) is 6.35. The van der Waals surface area contributed by atoms with Crippen molar-refractivity contribution in [1.29, 1.82) is 0 Å². The van der Waals surface area contributed by atoms with Crippen LogP contribution in [0.15, 0.2) is 10.6 Å². The number of rotatable bonds is 5. The van der Waals surface area contributed by atoms with Gasteiger partial charge in [-0.25, -0.2) is 4.79 Å². The van der Waals surface area contributed by atoms with E-state index in [1.807, 2.05) is 26.8 Å². The number of hydrogen-bond donors (Lipinski definition) is 1. The maximum atomic E-state index is 12.4. The van der Waals surface area contributed by atoms with Crippen molar-refractivity contribution < 1.29 is 14.1 Å². The minimum Gasteiger partial charge on any atom is -0.361 e. The van der Waals surface area contributed by atoms with E-state index in [0.717, 1.165) is 22.7 Å². The number of H-pyrrole nitrogens is 1. The average Bonchev–Trinajstić information content (AvgIpc) is 3.13. The monoisotopic (exact) mass is 317 g/mol. The summed E-state index contributed by atoms with van der Waals surface area (Å²) in [5.41, 5.74) is 3.39. The highest BCUT2D eigenvalue weighted by Crippen LogP contribution is 2.17. The van der Waals surface area contributed by atoms with Crippen molar-refractivity contribution in [2.75, 3.05) is 13.1 Å². The van der Waals surface area contributed by atoms with Crippen LogP contribution in [0.1, 0.15) is 28.4 Å².